The molecule has 1 unspecified atom stereocenters. The molecule has 0 spiro atoms. The van der Waals surface area contributed by atoms with E-state index in [4.69, 9.17) is 5.11 Å². The number of rotatable bonds is 5. The molecule has 0 saturated heterocycles. The molecule has 0 aliphatic rings. The summed E-state index contributed by atoms with van der Waals surface area (Å²) in [7, 11) is 1.25. The van der Waals surface area contributed by atoms with E-state index in [0.717, 1.165) is 5.56 Å². The highest BCUT2D eigenvalue weighted by Gasteiger charge is 2.21. The third-order valence-corrected chi connectivity index (χ3v) is 2.31. The van der Waals surface area contributed by atoms with Crippen molar-refractivity contribution in [2.45, 2.75) is 12.8 Å². The van der Waals surface area contributed by atoms with Gasteiger partial charge in [0.1, 0.15) is 0 Å². The molecule has 1 aromatic rings. The highest BCUT2D eigenvalue weighted by Crippen LogP contribution is 2.13. The standard InChI is InChI=1S/C12H14O4/c1-16-11(13)8-10(12(14)15)7-9-5-3-2-4-6-9/h2-6,10H,7-8H2,1H3,(H,14,15). The molecule has 0 aliphatic carbocycles. The maximum Gasteiger partial charge on any atom is 0.307 e. The van der Waals surface area contributed by atoms with Crippen LogP contribution in [-0.4, -0.2) is 24.2 Å². The number of carboxylic acids is 1. The van der Waals surface area contributed by atoms with Gasteiger partial charge in [0.15, 0.2) is 0 Å². The van der Waals surface area contributed by atoms with Crippen molar-refractivity contribution in [2.75, 3.05) is 7.11 Å². The van der Waals surface area contributed by atoms with Crippen LogP contribution < -0.4 is 0 Å². The zero-order valence-electron chi connectivity index (χ0n) is 9.05. The average Bonchev–Trinajstić information content (AvgIpc) is 2.29. The zero-order valence-corrected chi connectivity index (χ0v) is 9.05. The second-order valence-corrected chi connectivity index (χ2v) is 3.51. The van der Waals surface area contributed by atoms with E-state index in [1.54, 1.807) is 0 Å². The van der Waals surface area contributed by atoms with Crippen LogP contribution in [-0.2, 0) is 20.7 Å². The quantitative estimate of drug-likeness (QED) is 0.767. The van der Waals surface area contributed by atoms with Crippen LogP contribution in [0.2, 0.25) is 0 Å². The third kappa shape index (κ3) is 3.73. The van der Waals surface area contributed by atoms with Gasteiger partial charge in [0.2, 0.25) is 0 Å². The molecular formula is C12H14O4. The van der Waals surface area contributed by atoms with Gasteiger partial charge in [0.25, 0.3) is 0 Å². The Kier molecular flexibility index (Phi) is 4.51. The van der Waals surface area contributed by atoms with Gasteiger partial charge in [-0.3, -0.25) is 9.59 Å². The summed E-state index contributed by atoms with van der Waals surface area (Å²) in [5, 5.41) is 8.97. The lowest BCUT2D eigenvalue weighted by Gasteiger charge is -2.10. The van der Waals surface area contributed by atoms with Crippen molar-refractivity contribution >= 4 is 11.9 Å². The van der Waals surface area contributed by atoms with Crippen LogP contribution in [0.25, 0.3) is 0 Å². The molecule has 0 aromatic heterocycles. The second-order valence-electron chi connectivity index (χ2n) is 3.51. The molecule has 1 atom stereocenters. The van der Waals surface area contributed by atoms with Gasteiger partial charge >= 0.3 is 11.9 Å². The maximum absolute atomic E-state index is 11.0. The molecule has 1 rings (SSSR count). The number of carboxylic acid groups (broad SMARTS) is 1. The van der Waals surface area contributed by atoms with E-state index in [2.05, 4.69) is 4.74 Å². The second kappa shape index (κ2) is 5.90. The molecule has 0 saturated carbocycles. The molecule has 4 heteroatoms. The van der Waals surface area contributed by atoms with E-state index in [-0.39, 0.29) is 6.42 Å². The number of ether oxygens (including phenoxy) is 1. The van der Waals surface area contributed by atoms with Crippen molar-refractivity contribution in [1.29, 1.82) is 0 Å². The van der Waals surface area contributed by atoms with Crippen LogP contribution in [0.5, 0.6) is 0 Å². The lowest BCUT2D eigenvalue weighted by Crippen LogP contribution is -2.21. The lowest BCUT2D eigenvalue weighted by molar-refractivity contribution is -0.149. The van der Waals surface area contributed by atoms with Crippen molar-refractivity contribution in [3.05, 3.63) is 35.9 Å². The highest BCUT2D eigenvalue weighted by atomic mass is 16.5. The first-order valence-corrected chi connectivity index (χ1v) is 4.97. The van der Waals surface area contributed by atoms with E-state index >= 15 is 0 Å². The number of carbonyl (C=O) groups excluding carboxylic acids is 1. The minimum atomic E-state index is -0.978. The molecule has 0 aliphatic heterocycles. The smallest absolute Gasteiger partial charge is 0.307 e. The van der Waals surface area contributed by atoms with Crippen molar-refractivity contribution < 1.29 is 19.4 Å². The Morgan fingerprint density at radius 2 is 1.94 bits per heavy atom. The molecule has 4 nitrogen and oxygen atoms in total. The Labute approximate surface area is 93.9 Å². The summed E-state index contributed by atoms with van der Waals surface area (Å²) >= 11 is 0. The van der Waals surface area contributed by atoms with Crippen LogP contribution in [0.3, 0.4) is 0 Å². The predicted molar refractivity (Wildman–Crippen MR) is 57.9 cm³/mol. The van der Waals surface area contributed by atoms with Gasteiger partial charge in [-0.15, -0.1) is 0 Å². The Morgan fingerprint density at radius 3 is 2.44 bits per heavy atom. The van der Waals surface area contributed by atoms with Gasteiger partial charge in [-0.2, -0.15) is 0 Å². The first kappa shape index (κ1) is 12.2. The molecule has 86 valence electrons. The van der Waals surface area contributed by atoms with Gasteiger partial charge in [-0.05, 0) is 12.0 Å². The monoisotopic (exact) mass is 222 g/mol. The minimum Gasteiger partial charge on any atom is -0.481 e. The van der Waals surface area contributed by atoms with Crippen LogP contribution in [0, 0.1) is 5.92 Å². The largest absolute Gasteiger partial charge is 0.481 e. The van der Waals surface area contributed by atoms with Gasteiger partial charge in [0, 0.05) is 0 Å². The fourth-order valence-corrected chi connectivity index (χ4v) is 1.43. The number of aliphatic carboxylic acids is 1. The molecule has 0 bridgehead atoms. The molecule has 1 aromatic carbocycles. The van der Waals surface area contributed by atoms with Crippen LogP contribution in [0.1, 0.15) is 12.0 Å². The van der Waals surface area contributed by atoms with Crippen molar-refractivity contribution in [1.82, 2.24) is 0 Å². The first-order chi connectivity index (χ1) is 7.63. The molecule has 1 N–H and O–H groups in total. The Morgan fingerprint density at radius 1 is 1.31 bits per heavy atom. The van der Waals surface area contributed by atoms with Crippen molar-refractivity contribution in [2.24, 2.45) is 5.92 Å². The van der Waals surface area contributed by atoms with Gasteiger partial charge in [-0.1, -0.05) is 30.3 Å². The maximum atomic E-state index is 11.0. The van der Waals surface area contributed by atoms with E-state index in [0.29, 0.717) is 6.42 Å². The zero-order chi connectivity index (χ0) is 12.0. The molecule has 0 fully saturated rings. The summed E-state index contributed by atoms with van der Waals surface area (Å²) in [5.41, 5.74) is 0.902. The lowest BCUT2D eigenvalue weighted by atomic mass is 9.96. The minimum absolute atomic E-state index is 0.0965. The number of hydrogen-bond acceptors (Lipinski definition) is 3. The van der Waals surface area contributed by atoms with E-state index in [9.17, 15) is 9.59 Å². The number of esters is 1. The predicted octanol–water partition coefficient (Wildman–Crippen LogP) is 1.49. The Hall–Kier alpha value is -1.84. The highest BCUT2D eigenvalue weighted by molar-refractivity contribution is 5.78. The van der Waals surface area contributed by atoms with Crippen LogP contribution >= 0.6 is 0 Å². The SMILES string of the molecule is COC(=O)CC(Cc1ccccc1)C(=O)O. The Bertz CT molecular complexity index is 359. The number of hydrogen-bond donors (Lipinski definition) is 1. The molecule has 16 heavy (non-hydrogen) atoms. The van der Waals surface area contributed by atoms with Crippen molar-refractivity contribution in [3.8, 4) is 0 Å². The van der Waals surface area contributed by atoms with E-state index < -0.39 is 17.9 Å². The summed E-state index contributed by atoms with van der Waals surface area (Å²) in [6, 6.07) is 9.22. The Balaban J connectivity index is 2.65. The number of benzene rings is 1. The summed E-state index contributed by atoms with van der Waals surface area (Å²) < 4.78 is 4.47. The molecular weight excluding hydrogens is 208 g/mol. The summed E-state index contributed by atoms with van der Waals surface area (Å²) in [6.07, 6.45) is 0.242. The first-order valence-electron chi connectivity index (χ1n) is 4.97. The average molecular weight is 222 g/mol. The van der Waals surface area contributed by atoms with E-state index in [1.165, 1.54) is 7.11 Å². The van der Waals surface area contributed by atoms with Gasteiger partial charge < -0.3 is 9.84 Å². The third-order valence-electron chi connectivity index (χ3n) is 2.31. The van der Waals surface area contributed by atoms with Crippen LogP contribution in [0.4, 0.5) is 0 Å². The molecule has 0 radical (unpaired) electrons. The van der Waals surface area contributed by atoms with Gasteiger partial charge in [0.05, 0.1) is 19.4 Å². The van der Waals surface area contributed by atoms with Crippen molar-refractivity contribution in [3.63, 3.8) is 0 Å². The number of methoxy groups -OCH3 is 1. The summed E-state index contributed by atoms with van der Waals surface area (Å²) in [5.74, 6) is -2.20. The summed E-state index contributed by atoms with van der Waals surface area (Å²) in [6.45, 7) is 0. The van der Waals surface area contributed by atoms with E-state index in [1.807, 2.05) is 30.3 Å². The van der Waals surface area contributed by atoms with Gasteiger partial charge in [-0.25, -0.2) is 0 Å². The fourth-order valence-electron chi connectivity index (χ4n) is 1.43. The summed E-state index contributed by atoms with van der Waals surface area (Å²) in [4.78, 5) is 22.0. The fraction of sp³-hybridized carbons (Fsp3) is 0.333. The topological polar surface area (TPSA) is 63.6 Å². The molecule has 0 heterocycles. The normalized spacial score (nSPS) is 11.8. The van der Waals surface area contributed by atoms with Crippen LogP contribution in [0.15, 0.2) is 30.3 Å². The number of carbonyl (C=O) groups is 2. The molecule has 0 amide bonds.